The monoisotopic (exact) mass is 431 g/mol. The van der Waals surface area contributed by atoms with Gasteiger partial charge < -0.3 is 10.4 Å². The predicted molar refractivity (Wildman–Crippen MR) is 131 cm³/mol. The third kappa shape index (κ3) is 7.74. The van der Waals surface area contributed by atoms with Crippen molar-refractivity contribution in [1.29, 1.82) is 0 Å². The van der Waals surface area contributed by atoms with Gasteiger partial charge in [-0.2, -0.15) is 0 Å². The quantitative estimate of drug-likeness (QED) is 0.316. The Morgan fingerprint density at radius 1 is 1.06 bits per heavy atom. The van der Waals surface area contributed by atoms with E-state index in [0.29, 0.717) is 5.69 Å². The number of allylic oxidation sites excluding steroid dienone is 7. The zero-order valence-electron chi connectivity index (χ0n) is 19.9. The largest absolute Gasteiger partial charge is 0.478 e. The number of benzene rings is 1. The number of hydrogen-bond acceptors (Lipinski definition) is 2. The molecule has 0 aromatic heterocycles. The molecule has 1 amide bonds. The third-order valence-electron chi connectivity index (χ3n) is 5.52. The number of carboxylic acid groups (broad SMARTS) is 1. The summed E-state index contributed by atoms with van der Waals surface area (Å²) in [6.45, 7) is 12.8. The molecule has 0 saturated heterocycles. The van der Waals surface area contributed by atoms with Gasteiger partial charge in [0.25, 0.3) is 0 Å². The van der Waals surface area contributed by atoms with Gasteiger partial charge in [-0.3, -0.25) is 4.79 Å². The molecular weight excluding hydrogens is 398 g/mol. The van der Waals surface area contributed by atoms with Gasteiger partial charge in [-0.25, -0.2) is 4.79 Å². The van der Waals surface area contributed by atoms with Crippen molar-refractivity contribution in [3.63, 3.8) is 0 Å². The summed E-state index contributed by atoms with van der Waals surface area (Å²) in [5.74, 6) is 5.35. The van der Waals surface area contributed by atoms with E-state index in [-0.39, 0.29) is 22.3 Å². The van der Waals surface area contributed by atoms with Crippen LogP contribution in [0.1, 0.15) is 64.7 Å². The minimum Gasteiger partial charge on any atom is -0.478 e. The number of hydrogen-bond donors (Lipinski definition) is 2. The summed E-state index contributed by atoms with van der Waals surface area (Å²) in [5, 5.41) is 11.6. The van der Waals surface area contributed by atoms with Crippen LogP contribution < -0.4 is 5.32 Å². The number of carbonyl (C=O) groups is 2. The van der Waals surface area contributed by atoms with Crippen LogP contribution in [-0.4, -0.2) is 17.0 Å². The highest BCUT2D eigenvalue weighted by atomic mass is 16.4. The van der Waals surface area contributed by atoms with E-state index < -0.39 is 5.97 Å². The molecule has 4 heteroatoms. The smallest absolute Gasteiger partial charge is 0.335 e. The zero-order chi connectivity index (χ0) is 23.9. The summed E-state index contributed by atoms with van der Waals surface area (Å²) in [5.41, 5.74) is 3.97. The normalized spacial score (nSPS) is 17.9. The van der Waals surface area contributed by atoms with Crippen molar-refractivity contribution in [2.24, 2.45) is 10.8 Å². The first-order valence-corrected chi connectivity index (χ1v) is 10.8. The van der Waals surface area contributed by atoms with E-state index in [1.165, 1.54) is 30.2 Å². The molecule has 1 aromatic rings. The highest BCUT2D eigenvalue weighted by molar-refractivity contribution is 6.00. The van der Waals surface area contributed by atoms with E-state index in [1.807, 2.05) is 32.1 Å². The lowest BCUT2D eigenvalue weighted by Gasteiger charge is -2.36. The second kappa shape index (κ2) is 10.3. The van der Waals surface area contributed by atoms with Crippen LogP contribution in [0.4, 0.5) is 5.69 Å². The summed E-state index contributed by atoms with van der Waals surface area (Å²) in [6.07, 6.45) is 11.8. The first kappa shape index (κ1) is 24.9. The summed E-state index contributed by atoms with van der Waals surface area (Å²) in [4.78, 5) is 23.0. The van der Waals surface area contributed by atoms with E-state index in [2.05, 4.69) is 50.9 Å². The van der Waals surface area contributed by atoms with Gasteiger partial charge in [-0.15, -0.1) is 0 Å². The summed E-state index contributed by atoms with van der Waals surface area (Å²) in [6, 6.07) is 6.04. The molecule has 0 unspecified atom stereocenters. The maximum Gasteiger partial charge on any atom is 0.335 e. The molecule has 0 atom stereocenters. The average molecular weight is 432 g/mol. The Kier molecular flexibility index (Phi) is 8.05. The Labute approximate surface area is 191 Å². The highest BCUT2D eigenvalue weighted by Gasteiger charge is 2.32. The Morgan fingerprint density at radius 2 is 1.72 bits per heavy atom. The topological polar surface area (TPSA) is 66.4 Å². The van der Waals surface area contributed by atoms with Crippen LogP contribution in [0.2, 0.25) is 0 Å². The van der Waals surface area contributed by atoms with Crippen LogP contribution in [-0.2, 0) is 4.79 Å². The first-order chi connectivity index (χ1) is 14.9. The molecule has 0 saturated carbocycles. The Bertz CT molecular complexity index is 1050. The van der Waals surface area contributed by atoms with Crippen LogP contribution in [0, 0.1) is 22.7 Å². The fraction of sp³-hybridized carbons (Fsp3) is 0.357. The second-order valence-electron chi connectivity index (χ2n) is 9.65. The number of carboxylic acids is 1. The molecule has 1 aliphatic carbocycles. The van der Waals surface area contributed by atoms with Crippen molar-refractivity contribution >= 4 is 17.6 Å². The number of nitrogens with one attached hydrogen (secondary N) is 1. The van der Waals surface area contributed by atoms with Crippen LogP contribution in [0.25, 0.3) is 0 Å². The van der Waals surface area contributed by atoms with Gasteiger partial charge >= 0.3 is 5.97 Å². The van der Waals surface area contributed by atoms with Gasteiger partial charge in [-0.05, 0) is 72.9 Å². The average Bonchev–Trinajstić information content (AvgIpc) is 2.69. The molecule has 1 aromatic carbocycles. The molecule has 4 nitrogen and oxygen atoms in total. The van der Waals surface area contributed by atoms with E-state index in [1.54, 1.807) is 12.1 Å². The van der Waals surface area contributed by atoms with Gasteiger partial charge in [0, 0.05) is 17.3 Å². The van der Waals surface area contributed by atoms with Gasteiger partial charge in [0.1, 0.15) is 0 Å². The van der Waals surface area contributed by atoms with Crippen molar-refractivity contribution in [3.8, 4) is 11.8 Å². The molecule has 0 radical (unpaired) electrons. The number of rotatable bonds is 5. The van der Waals surface area contributed by atoms with Crippen molar-refractivity contribution in [3.05, 3.63) is 76.9 Å². The van der Waals surface area contributed by atoms with Crippen LogP contribution >= 0.6 is 0 Å². The molecule has 0 heterocycles. The number of carbonyl (C=O) groups excluding carboxylic acids is 1. The lowest BCUT2D eigenvalue weighted by Crippen LogP contribution is -2.25. The maximum atomic E-state index is 12.1. The van der Waals surface area contributed by atoms with Gasteiger partial charge in [-0.1, -0.05) is 63.8 Å². The number of anilines is 1. The fourth-order valence-electron chi connectivity index (χ4n) is 3.31. The summed E-state index contributed by atoms with van der Waals surface area (Å²) < 4.78 is 0. The van der Waals surface area contributed by atoms with E-state index in [9.17, 15) is 9.59 Å². The summed E-state index contributed by atoms with van der Waals surface area (Å²) in [7, 11) is 0. The zero-order valence-corrected chi connectivity index (χ0v) is 19.9. The van der Waals surface area contributed by atoms with Crippen molar-refractivity contribution in [2.45, 2.75) is 54.4 Å². The van der Waals surface area contributed by atoms with Crippen molar-refractivity contribution in [2.75, 3.05) is 5.32 Å². The van der Waals surface area contributed by atoms with E-state index in [4.69, 9.17) is 5.11 Å². The first-order valence-electron chi connectivity index (χ1n) is 10.8. The van der Waals surface area contributed by atoms with Crippen LogP contribution in [0.15, 0.2) is 71.4 Å². The fourth-order valence-corrected chi connectivity index (χ4v) is 3.31. The van der Waals surface area contributed by atoms with Crippen LogP contribution in [0.5, 0.6) is 0 Å². The molecule has 0 bridgehead atoms. The van der Waals surface area contributed by atoms with Gasteiger partial charge in [0.05, 0.1) is 5.56 Å². The van der Waals surface area contributed by atoms with E-state index in [0.717, 1.165) is 17.6 Å². The van der Waals surface area contributed by atoms with Crippen molar-refractivity contribution in [1.82, 2.24) is 0 Å². The molecule has 168 valence electrons. The minimum absolute atomic E-state index is 0.110. The lowest BCUT2D eigenvalue weighted by atomic mass is 9.68. The van der Waals surface area contributed by atoms with Crippen LogP contribution in [0.3, 0.4) is 0 Å². The molecule has 2 N–H and O–H groups in total. The minimum atomic E-state index is -1.00. The molecule has 0 spiro atoms. The number of amides is 1. The number of aromatic carboxylic acids is 1. The molecular formula is C28H33NO3. The Balaban J connectivity index is 1.99. The second-order valence-corrected chi connectivity index (χ2v) is 9.65. The molecule has 1 aliphatic rings. The molecule has 2 rings (SSSR count). The predicted octanol–water partition coefficient (Wildman–Crippen LogP) is 6.55. The van der Waals surface area contributed by atoms with Crippen molar-refractivity contribution < 1.29 is 14.7 Å². The van der Waals surface area contributed by atoms with Gasteiger partial charge in [0.2, 0.25) is 5.91 Å². The summed E-state index contributed by atoms with van der Waals surface area (Å²) >= 11 is 0. The molecule has 0 fully saturated rings. The molecule has 0 aliphatic heterocycles. The van der Waals surface area contributed by atoms with Gasteiger partial charge in [0.15, 0.2) is 0 Å². The molecule has 32 heavy (non-hydrogen) atoms. The third-order valence-corrected chi connectivity index (χ3v) is 5.52. The Morgan fingerprint density at radius 3 is 2.34 bits per heavy atom. The van der Waals surface area contributed by atoms with E-state index >= 15 is 0 Å². The Hall–Kier alpha value is -3.32. The maximum absolute atomic E-state index is 12.1. The highest BCUT2D eigenvalue weighted by Crippen LogP contribution is 2.43. The standard InChI is InChI=1S/C28H33NO3/c1-20(10-13-23-19-27(3,4)16-17-28(23,5)6)8-7-9-21(2)18-25(30)29-24-14-11-22(12-15-24)26(31)32/h7-9,11-12,14-15,18-19H,16-17H2,1-6H3,(H,29,30)(H,31,32). The lowest BCUT2D eigenvalue weighted by molar-refractivity contribution is -0.111. The SMILES string of the molecule is CC(C#CC1=CC(C)(C)CCC1(C)C)=CC=CC(C)=CC(=O)Nc1ccc(C(=O)O)cc1.